The van der Waals surface area contributed by atoms with E-state index in [0.29, 0.717) is 53.8 Å². The quantitative estimate of drug-likeness (QED) is 0.546. The number of carbonyl (C=O) groups is 2. The van der Waals surface area contributed by atoms with Crippen LogP contribution in [0.5, 0.6) is 0 Å². The minimum absolute atomic E-state index is 0.114. The fraction of sp³-hybridized carbons (Fsp3) is 0.333. The predicted octanol–water partition coefficient (Wildman–Crippen LogP) is 3.97. The van der Waals surface area contributed by atoms with Crippen molar-refractivity contribution in [2.24, 2.45) is 5.92 Å². The molecule has 1 heterocycles. The molecule has 2 aromatic carbocycles. The SMILES string of the molecule is CC(C)CCNC(=O)c1ccc(-c2nc(CCN(C)C(=O)c3ccc(F)cc3)no2)cc1. The molecule has 8 heteroatoms. The first-order valence-corrected chi connectivity index (χ1v) is 10.6. The van der Waals surface area contributed by atoms with Gasteiger partial charge in [-0.1, -0.05) is 19.0 Å². The van der Waals surface area contributed by atoms with Gasteiger partial charge >= 0.3 is 0 Å². The Morgan fingerprint density at radius 1 is 1.06 bits per heavy atom. The zero-order valence-corrected chi connectivity index (χ0v) is 18.5. The molecule has 168 valence electrons. The van der Waals surface area contributed by atoms with E-state index in [1.54, 1.807) is 31.3 Å². The summed E-state index contributed by atoms with van der Waals surface area (Å²) in [6.07, 6.45) is 1.34. The maximum atomic E-state index is 13.0. The second kappa shape index (κ2) is 10.7. The van der Waals surface area contributed by atoms with Crippen LogP contribution in [-0.4, -0.2) is 47.0 Å². The molecule has 0 atom stereocenters. The van der Waals surface area contributed by atoms with Crippen LogP contribution in [0.1, 0.15) is 46.8 Å². The van der Waals surface area contributed by atoms with Crippen LogP contribution in [-0.2, 0) is 6.42 Å². The van der Waals surface area contributed by atoms with Crippen molar-refractivity contribution in [2.45, 2.75) is 26.7 Å². The molecular weight excluding hydrogens is 411 g/mol. The summed E-state index contributed by atoms with van der Waals surface area (Å²) in [4.78, 5) is 30.5. The molecule has 0 aliphatic heterocycles. The fourth-order valence-electron chi connectivity index (χ4n) is 3.00. The van der Waals surface area contributed by atoms with Gasteiger partial charge in [-0.2, -0.15) is 4.98 Å². The van der Waals surface area contributed by atoms with Gasteiger partial charge in [-0.25, -0.2) is 4.39 Å². The van der Waals surface area contributed by atoms with Crippen LogP contribution in [0.4, 0.5) is 4.39 Å². The van der Waals surface area contributed by atoms with Gasteiger partial charge in [0.1, 0.15) is 5.82 Å². The van der Waals surface area contributed by atoms with E-state index in [2.05, 4.69) is 29.3 Å². The highest BCUT2D eigenvalue weighted by Gasteiger charge is 2.15. The molecule has 3 aromatic rings. The summed E-state index contributed by atoms with van der Waals surface area (Å²) < 4.78 is 18.4. The van der Waals surface area contributed by atoms with Crippen LogP contribution >= 0.6 is 0 Å². The van der Waals surface area contributed by atoms with Gasteiger partial charge in [0, 0.05) is 43.2 Å². The highest BCUT2D eigenvalue weighted by molar-refractivity contribution is 5.94. The van der Waals surface area contributed by atoms with Gasteiger partial charge in [0.05, 0.1) is 0 Å². The summed E-state index contributed by atoms with van der Waals surface area (Å²) in [6, 6.07) is 12.4. The first-order chi connectivity index (χ1) is 15.3. The van der Waals surface area contributed by atoms with Crippen LogP contribution in [0.25, 0.3) is 11.5 Å². The third kappa shape index (κ3) is 6.23. The van der Waals surface area contributed by atoms with Gasteiger partial charge in [0.2, 0.25) is 0 Å². The summed E-state index contributed by atoms with van der Waals surface area (Å²) in [6.45, 7) is 5.25. The van der Waals surface area contributed by atoms with Gasteiger partial charge in [-0.3, -0.25) is 9.59 Å². The zero-order chi connectivity index (χ0) is 23.1. The van der Waals surface area contributed by atoms with E-state index in [-0.39, 0.29) is 17.6 Å². The first-order valence-electron chi connectivity index (χ1n) is 10.6. The summed E-state index contributed by atoms with van der Waals surface area (Å²) in [5.41, 5.74) is 1.69. The number of amides is 2. The van der Waals surface area contributed by atoms with Gasteiger partial charge < -0.3 is 14.7 Å². The largest absolute Gasteiger partial charge is 0.352 e. The fourth-order valence-corrected chi connectivity index (χ4v) is 3.00. The van der Waals surface area contributed by atoms with Crippen LogP contribution in [0.2, 0.25) is 0 Å². The molecule has 0 radical (unpaired) electrons. The van der Waals surface area contributed by atoms with Gasteiger partial charge in [-0.15, -0.1) is 0 Å². The number of rotatable bonds is 9. The molecule has 0 unspecified atom stereocenters. The minimum atomic E-state index is -0.386. The van der Waals surface area contributed by atoms with Crippen molar-refractivity contribution in [3.63, 3.8) is 0 Å². The van der Waals surface area contributed by atoms with Crippen molar-refractivity contribution in [3.05, 3.63) is 71.3 Å². The Labute approximate surface area is 186 Å². The number of nitrogens with zero attached hydrogens (tertiary/aromatic N) is 3. The zero-order valence-electron chi connectivity index (χ0n) is 18.5. The lowest BCUT2D eigenvalue weighted by Crippen LogP contribution is -2.29. The average molecular weight is 439 g/mol. The smallest absolute Gasteiger partial charge is 0.257 e. The predicted molar refractivity (Wildman–Crippen MR) is 119 cm³/mol. The average Bonchev–Trinajstić information content (AvgIpc) is 3.26. The van der Waals surface area contributed by atoms with Crippen molar-refractivity contribution in [2.75, 3.05) is 20.1 Å². The number of aromatic nitrogens is 2. The van der Waals surface area contributed by atoms with Crippen LogP contribution in [0.15, 0.2) is 53.1 Å². The maximum absolute atomic E-state index is 13.0. The second-order valence-corrected chi connectivity index (χ2v) is 8.02. The molecule has 0 spiro atoms. The van der Waals surface area contributed by atoms with Gasteiger partial charge in [0.25, 0.3) is 17.7 Å². The Kier molecular flexibility index (Phi) is 7.70. The lowest BCUT2D eigenvalue weighted by Gasteiger charge is -2.16. The Hall–Kier alpha value is -3.55. The third-order valence-electron chi connectivity index (χ3n) is 4.98. The Bertz CT molecular complexity index is 1050. The van der Waals surface area contributed by atoms with E-state index in [9.17, 15) is 14.0 Å². The molecule has 0 aliphatic carbocycles. The van der Waals surface area contributed by atoms with Crippen molar-refractivity contribution >= 4 is 11.8 Å². The molecule has 32 heavy (non-hydrogen) atoms. The van der Waals surface area contributed by atoms with E-state index < -0.39 is 0 Å². The molecule has 7 nitrogen and oxygen atoms in total. The van der Waals surface area contributed by atoms with E-state index in [4.69, 9.17) is 4.52 Å². The lowest BCUT2D eigenvalue weighted by atomic mass is 10.1. The van der Waals surface area contributed by atoms with E-state index in [0.717, 1.165) is 6.42 Å². The maximum Gasteiger partial charge on any atom is 0.257 e. The van der Waals surface area contributed by atoms with Crippen molar-refractivity contribution < 1.29 is 18.5 Å². The number of benzene rings is 2. The second-order valence-electron chi connectivity index (χ2n) is 8.02. The number of hydrogen-bond donors (Lipinski definition) is 1. The number of carbonyl (C=O) groups excluding carboxylic acids is 2. The van der Waals surface area contributed by atoms with Crippen LogP contribution in [0, 0.1) is 11.7 Å². The van der Waals surface area contributed by atoms with E-state index in [1.807, 2.05) is 0 Å². The molecule has 0 saturated heterocycles. The molecule has 1 aromatic heterocycles. The molecule has 1 N–H and O–H groups in total. The topological polar surface area (TPSA) is 88.3 Å². The first kappa shape index (κ1) is 23.1. The monoisotopic (exact) mass is 438 g/mol. The van der Waals surface area contributed by atoms with Crippen LogP contribution < -0.4 is 5.32 Å². The number of nitrogens with one attached hydrogen (secondary N) is 1. The number of likely N-dealkylation sites (N-methyl/N-ethyl adjacent to an activating group) is 1. The summed E-state index contributed by atoms with van der Waals surface area (Å²) in [7, 11) is 1.66. The van der Waals surface area contributed by atoms with Crippen molar-refractivity contribution in [3.8, 4) is 11.5 Å². The molecular formula is C24H27FN4O3. The molecule has 0 aliphatic rings. The number of halogens is 1. The minimum Gasteiger partial charge on any atom is -0.352 e. The van der Waals surface area contributed by atoms with E-state index in [1.165, 1.54) is 29.2 Å². The van der Waals surface area contributed by atoms with Gasteiger partial charge in [0.15, 0.2) is 5.82 Å². The Morgan fingerprint density at radius 3 is 2.38 bits per heavy atom. The normalized spacial score (nSPS) is 10.9. The molecule has 0 saturated carbocycles. The standard InChI is InChI=1S/C24H27FN4O3/c1-16(2)12-14-26-22(30)17-4-6-18(7-5-17)23-27-21(28-32-23)13-15-29(3)24(31)19-8-10-20(25)11-9-19/h4-11,16H,12-15H2,1-3H3,(H,26,30). The highest BCUT2D eigenvalue weighted by Crippen LogP contribution is 2.18. The third-order valence-corrected chi connectivity index (χ3v) is 4.98. The summed E-state index contributed by atoms with van der Waals surface area (Å²) in [5.74, 6) is 0.635. The Morgan fingerprint density at radius 2 is 1.72 bits per heavy atom. The van der Waals surface area contributed by atoms with Crippen molar-refractivity contribution in [1.82, 2.24) is 20.4 Å². The molecule has 0 bridgehead atoms. The molecule has 2 amide bonds. The summed E-state index contributed by atoms with van der Waals surface area (Å²) >= 11 is 0. The highest BCUT2D eigenvalue weighted by atomic mass is 19.1. The number of hydrogen-bond acceptors (Lipinski definition) is 5. The Balaban J connectivity index is 1.54. The molecule has 0 fully saturated rings. The molecule has 3 rings (SSSR count). The summed E-state index contributed by atoms with van der Waals surface area (Å²) in [5, 5.41) is 6.87. The van der Waals surface area contributed by atoms with Gasteiger partial charge in [-0.05, 0) is 60.9 Å². The van der Waals surface area contributed by atoms with Crippen molar-refractivity contribution in [1.29, 1.82) is 0 Å². The lowest BCUT2D eigenvalue weighted by molar-refractivity contribution is 0.0795. The van der Waals surface area contributed by atoms with Crippen LogP contribution in [0.3, 0.4) is 0 Å². The van der Waals surface area contributed by atoms with E-state index >= 15 is 0 Å².